The van der Waals surface area contributed by atoms with Crippen LogP contribution in [-0.2, 0) is 19.1 Å². The van der Waals surface area contributed by atoms with Crippen LogP contribution in [0.4, 0.5) is 0 Å². The van der Waals surface area contributed by atoms with Crippen LogP contribution in [-0.4, -0.2) is 36.4 Å². The second-order valence-corrected chi connectivity index (χ2v) is 14.1. The Morgan fingerprint density at radius 1 is 0.460 bits per heavy atom. The first kappa shape index (κ1) is 47.9. The van der Waals surface area contributed by atoms with Gasteiger partial charge in [-0.1, -0.05) is 165 Å². The third kappa shape index (κ3) is 38.7. The number of carbonyl (C=O) groups is 2. The van der Waals surface area contributed by atoms with Crippen molar-refractivity contribution >= 4 is 11.9 Å². The Morgan fingerprint density at radius 2 is 0.800 bits per heavy atom. The van der Waals surface area contributed by atoms with E-state index in [9.17, 15) is 14.7 Å². The first-order chi connectivity index (χ1) is 24.6. The molecule has 0 aromatic heterocycles. The molecule has 0 radical (unpaired) electrons. The fourth-order valence-electron chi connectivity index (χ4n) is 5.85. The normalized spacial score (nSPS) is 12.6. The minimum absolute atomic E-state index is 0.0715. The van der Waals surface area contributed by atoms with Gasteiger partial charge in [0.15, 0.2) is 6.10 Å². The number of aliphatic hydroxyl groups excluding tert-OH is 1. The van der Waals surface area contributed by atoms with E-state index in [0.29, 0.717) is 12.8 Å². The van der Waals surface area contributed by atoms with Crippen LogP contribution in [0.3, 0.4) is 0 Å². The quantitative estimate of drug-likeness (QED) is 0.0394. The molecule has 0 spiro atoms. The smallest absolute Gasteiger partial charge is 0.306 e. The highest BCUT2D eigenvalue weighted by Crippen LogP contribution is 2.13. The van der Waals surface area contributed by atoms with Gasteiger partial charge in [-0.25, -0.2) is 0 Å². The lowest BCUT2D eigenvalue weighted by Crippen LogP contribution is -2.28. The van der Waals surface area contributed by atoms with Crippen molar-refractivity contribution in [3.8, 4) is 0 Å². The standard InChI is InChI=1S/C45H80O5/c1-3-5-7-9-11-13-15-17-19-21-22-24-25-27-29-31-33-35-37-39-44(47)49-42-43(41-46)50-45(48)40-38-36-34-32-30-28-26-23-20-18-16-14-12-10-8-6-4-2/h11-14,17-20,43,46H,3-10,15-16,21-42H2,1-2H3/t43-/m0/s1. The van der Waals surface area contributed by atoms with Crippen LogP contribution in [0.5, 0.6) is 0 Å². The number of unbranched alkanes of at least 4 members (excludes halogenated alkanes) is 22. The highest BCUT2D eigenvalue weighted by atomic mass is 16.6. The van der Waals surface area contributed by atoms with E-state index in [1.807, 2.05) is 0 Å². The van der Waals surface area contributed by atoms with E-state index >= 15 is 0 Å². The lowest BCUT2D eigenvalue weighted by Gasteiger charge is -2.15. The summed E-state index contributed by atoms with van der Waals surface area (Å²) >= 11 is 0. The minimum Gasteiger partial charge on any atom is -0.462 e. The molecule has 0 saturated carbocycles. The first-order valence-corrected chi connectivity index (χ1v) is 21.2. The molecule has 0 aliphatic heterocycles. The lowest BCUT2D eigenvalue weighted by molar-refractivity contribution is -0.161. The summed E-state index contributed by atoms with van der Waals surface area (Å²) in [6.45, 7) is 4.08. The molecule has 0 aromatic rings. The Labute approximate surface area is 309 Å². The topological polar surface area (TPSA) is 72.8 Å². The zero-order chi connectivity index (χ0) is 36.4. The van der Waals surface area contributed by atoms with Gasteiger partial charge in [0.2, 0.25) is 0 Å². The van der Waals surface area contributed by atoms with Gasteiger partial charge >= 0.3 is 11.9 Å². The van der Waals surface area contributed by atoms with Crippen molar-refractivity contribution in [3.63, 3.8) is 0 Å². The Kier molecular flexibility index (Phi) is 39.5. The molecule has 1 N–H and O–H groups in total. The van der Waals surface area contributed by atoms with Crippen molar-refractivity contribution < 1.29 is 24.2 Å². The predicted octanol–water partition coefficient (Wildman–Crippen LogP) is 13.4. The monoisotopic (exact) mass is 701 g/mol. The third-order valence-corrected chi connectivity index (χ3v) is 9.10. The van der Waals surface area contributed by atoms with Crippen molar-refractivity contribution in [1.29, 1.82) is 0 Å². The van der Waals surface area contributed by atoms with Gasteiger partial charge in [-0.3, -0.25) is 9.59 Å². The molecule has 290 valence electrons. The van der Waals surface area contributed by atoms with Gasteiger partial charge in [0.05, 0.1) is 6.61 Å². The summed E-state index contributed by atoms with van der Waals surface area (Å²) in [7, 11) is 0. The highest BCUT2D eigenvalue weighted by Gasteiger charge is 2.16. The zero-order valence-corrected chi connectivity index (χ0v) is 32.9. The van der Waals surface area contributed by atoms with E-state index in [0.717, 1.165) is 57.8 Å². The molecule has 0 saturated heterocycles. The van der Waals surface area contributed by atoms with Crippen molar-refractivity contribution in [3.05, 3.63) is 48.6 Å². The van der Waals surface area contributed by atoms with Gasteiger partial charge in [0.1, 0.15) is 6.61 Å². The van der Waals surface area contributed by atoms with Gasteiger partial charge in [0, 0.05) is 12.8 Å². The second-order valence-electron chi connectivity index (χ2n) is 14.1. The summed E-state index contributed by atoms with van der Waals surface area (Å²) in [5.41, 5.74) is 0. The van der Waals surface area contributed by atoms with Crippen LogP contribution in [0.15, 0.2) is 48.6 Å². The summed E-state index contributed by atoms with van der Waals surface area (Å²) < 4.78 is 10.6. The maximum atomic E-state index is 12.2. The summed E-state index contributed by atoms with van der Waals surface area (Å²) in [4.78, 5) is 24.3. The summed E-state index contributed by atoms with van der Waals surface area (Å²) in [6.07, 6.45) is 51.7. The van der Waals surface area contributed by atoms with E-state index in [1.54, 1.807) is 0 Å². The first-order valence-electron chi connectivity index (χ1n) is 21.2. The van der Waals surface area contributed by atoms with Crippen molar-refractivity contribution in [2.24, 2.45) is 0 Å². The van der Waals surface area contributed by atoms with Crippen molar-refractivity contribution in [1.82, 2.24) is 0 Å². The Hall–Kier alpha value is -2.14. The third-order valence-electron chi connectivity index (χ3n) is 9.10. The van der Waals surface area contributed by atoms with Gasteiger partial charge in [-0.05, 0) is 77.0 Å². The molecule has 0 bridgehead atoms. The molecule has 0 fully saturated rings. The Bertz CT molecular complexity index is 842. The predicted molar refractivity (Wildman–Crippen MR) is 214 cm³/mol. The van der Waals surface area contributed by atoms with E-state index in [4.69, 9.17) is 9.47 Å². The van der Waals surface area contributed by atoms with Crippen LogP contribution < -0.4 is 0 Å². The number of allylic oxidation sites excluding steroid dienone is 8. The molecular weight excluding hydrogens is 620 g/mol. The maximum Gasteiger partial charge on any atom is 0.306 e. The lowest BCUT2D eigenvalue weighted by atomic mass is 10.1. The zero-order valence-electron chi connectivity index (χ0n) is 32.9. The van der Waals surface area contributed by atoms with E-state index < -0.39 is 6.10 Å². The summed E-state index contributed by atoms with van der Waals surface area (Å²) in [6, 6.07) is 0. The van der Waals surface area contributed by atoms with E-state index in [1.165, 1.54) is 122 Å². The van der Waals surface area contributed by atoms with E-state index in [2.05, 4.69) is 62.5 Å². The van der Waals surface area contributed by atoms with Gasteiger partial charge in [-0.15, -0.1) is 0 Å². The molecule has 0 heterocycles. The average Bonchev–Trinajstić information content (AvgIpc) is 3.12. The summed E-state index contributed by atoms with van der Waals surface area (Å²) in [5, 5.41) is 9.57. The Balaban J connectivity index is 3.56. The molecule has 5 heteroatoms. The van der Waals surface area contributed by atoms with Crippen LogP contribution in [0.1, 0.15) is 206 Å². The largest absolute Gasteiger partial charge is 0.462 e. The Morgan fingerprint density at radius 3 is 1.18 bits per heavy atom. The molecule has 0 aliphatic rings. The number of hydrogen-bond donors (Lipinski definition) is 1. The average molecular weight is 701 g/mol. The fraction of sp³-hybridized carbons (Fsp3) is 0.778. The second kappa shape index (κ2) is 41.3. The van der Waals surface area contributed by atoms with Crippen LogP contribution in [0, 0.1) is 0 Å². The van der Waals surface area contributed by atoms with Crippen LogP contribution >= 0.6 is 0 Å². The summed E-state index contributed by atoms with van der Waals surface area (Å²) in [5.74, 6) is -0.603. The highest BCUT2D eigenvalue weighted by molar-refractivity contribution is 5.70. The maximum absolute atomic E-state index is 12.2. The molecule has 0 unspecified atom stereocenters. The molecule has 0 aliphatic carbocycles. The molecule has 1 atom stereocenters. The number of ether oxygens (including phenoxy) is 2. The van der Waals surface area contributed by atoms with E-state index in [-0.39, 0.29) is 25.2 Å². The minimum atomic E-state index is -0.777. The molecule has 0 aromatic carbocycles. The molecule has 5 nitrogen and oxygen atoms in total. The molecule has 50 heavy (non-hydrogen) atoms. The molecular formula is C45H80O5. The number of carbonyl (C=O) groups excluding carboxylic acids is 2. The van der Waals surface area contributed by atoms with Crippen molar-refractivity contribution in [2.45, 2.75) is 213 Å². The van der Waals surface area contributed by atoms with Crippen molar-refractivity contribution in [2.75, 3.05) is 13.2 Å². The number of aliphatic hydroxyl groups is 1. The van der Waals surface area contributed by atoms with Crippen LogP contribution in [0.2, 0.25) is 0 Å². The fourth-order valence-corrected chi connectivity index (χ4v) is 5.85. The van der Waals surface area contributed by atoms with Gasteiger partial charge < -0.3 is 14.6 Å². The number of esters is 2. The van der Waals surface area contributed by atoms with Gasteiger partial charge in [0.25, 0.3) is 0 Å². The van der Waals surface area contributed by atoms with Gasteiger partial charge in [-0.2, -0.15) is 0 Å². The molecule has 0 rings (SSSR count). The number of rotatable bonds is 38. The van der Waals surface area contributed by atoms with Crippen LogP contribution in [0.25, 0.3) is 0 Å². The molecule has 0 amide bonds. The SMILES string of the molecule is CCCCCC=CCC=CCCCCCCCCCCCC(=O)OC[C@H](CO)OC(=O)CCCCCCCCCC=CCC=CCCCCC. The number of hydrogen-bond acceptors (Lipinski definition) is 5.